The van der Waals surface area contributed by atoms with E-state index in [1.54, 1.807) is 24.3 Å². The Kier molecular flexibility index (Phi) is 3.23. The van der Waals surface area contributed by atoms with E-state index in [-0.39, 0.29) is 0 Å². The zero-order chi connectivity index (χ0) is 15.0. The summed E-state index contributed by atoms with van der Waals surface area (Å²) in [5, 5.41) is 13.9. The number of amides is 1. The van der Waals surface area contributed by atoms with Crippen LogP contribution in [0.2, 0.25) is 0 Å². The summed E-state index contributed by atoms with van der Waals surface area (Å²) in [6.07, 6.45) is -1.11. The van der Waals surface area contributed by atoms with Crippen LogP contribution in [0.1, 0.15) is 11.1 Å². The molecule has 1 aliphatic heterocycles. The molecule has 2 aromatic rings. The van der Waals surface area contributed by atoms with Gasteiger partial charge >= 0.3 is 0 Å². The highest BCUT2D eigenvalue weighted by Crippen LogP contribution is 2.41. The number of ether oxygens (including phenoxy) is 1. The van der Waals surface area contributed by atoms with Crippen LogP contribution < -0.4 is 5.32 Å². The zero-order valence-electron chi connectivity index (χ0n) is 11.3. The lowest BCUT2D eigenvalue weighted by Gasteiger charge is -2.40. The van der Waals surface area contributed by atoms with Gasteiger partial charge in [0.25, 0.3) is 5.91 Å². The van der Waals surface area contributed by atoms with Crippen molar-refractivity contribution in [2.75, 3.05) is 12.4 Å². The number of halogens is 1. The van der Waals surface area contributed by atoms with Crippen LogP contribution >= 0.6 is 0 Å². The second kappa shape index (κ2) is 4.95. The van der Waals surface area contributed by atoms with Crippen molar-refractivity contribution in [1.29, 1.82) is 0 Å². The summed E-state index contributed by atoms with van der Waals surface area (Å²) in [7, 11) is 1.35. The fourth-order valence-electron chi connectivity index (χ4n) is 2.74. The molecule has 1 aliphatic rings. The van der Waals surface area contributed by atoms with Crippen molar-refractivity contribution in [3.63, 3.8) is 0 Å². The Balaban J connectivity index is 2.24. The highest BCUT2D eigenvalue weighted by molar-refractivity contribution is 5.99. The lowest BCUT2D eigenvalue weighted by Crippen LogP contribution is -2.52. The fraction of sp³-hybridized carbons (Fsp3) is 0.188. The molecule has 4 nitrogen and oxygen atoms in total. The molecule has 1 amide bonds. The second-order valence-corrected chi connectivity index (χ2v) is 4.92. The number of hydrogen-bond donors (Lipinski definition) is 2. The van der Waals surface area contributed by atoms with Crippen molar-refractivity contribution in [2.24, 2.45) is 0 Å². The maximum absolute atomic E-state index is 13.1. The van der Waals surface area contributed by atoms with Gasteiger partial charge in [-0.1, -0.05) is 30.3 Å². The molecule has 2 unspecified atom stereocenters. The smallest absolute Gasteiger partial charge is 0.257 e. The van der Waals surface area contributed by atoms with E-state index >= 15 is 0 Å². The van der Waals surface area contributed by atoms with Crippen LogP contribution in [-0.2, 0) is 15.1 Å². The van der Waals surface area contributed by atoms with Crippen molar-refractivity contribution in [3.8, 4) is 0 Å². The minimum atomic E-state index is -1.67. The minimum Gasteiger partial charge on any atom is -0.377 e. The largest absolute Gasteiger partial charge is 0.377 e. The molecule has 0 saturated heterocycles. The van der Waals surface area contributed by atoms with Gasteiger partial charge in [0, 0.05) is 18.4 Å². The van der Waals surface area contributed by atoms with Crippen LogP contribution in [0.25, 0.3) is 0 Å². The number of para-hydroxylation sites is 1. The molecule has 21 heavy (non-hydrogen) atoms. The number of aliphatic hydroxyl groups is 1. The van der Waals surface area contributed by atoms with Gasteiger partial charge in [0.2, 0.25) is 0 Å². The third-order valence-electron chi connectivity index (χ3n) is 3.73. The summed E-state index contributed by atoms with van der Waals surface area (Å²) in [6.45, 7) is 0. The summed E-state index contributed by atoms with van der Waals surface area (Å²) < 4.78 is 18.3. The molecule has 0 radical (unpaired) electrons. The Morgan fingerprint density at radius 1 is 1.19 bits per heavy atom. The van der Waals surface area contributed by atoms with Crippen molar-refractivity contribution in [2.45, 2.75) is 11.7 Å². The van der Waals surface area contributed by atoms with Gasteiger partial charge in [-0.15, -0.1) is 0 Å². The number of hydrogen-bond acceptors (Lipinski definition) is 3. The number of methoxy groups -OCH3 is 1. The molecule has 0 bridgehead atoms. The Bertz CT molecular complexity index is 686. The normalized spacial score (nSPS) is 24.3. The van der Waals surface area contributed by atoms with E-state index in [0.29, 0.717) is 16.8 Å². The van der Waals surface area contributed by atoms with E-state index in [0.717, 1.165) is 0 Å². The Morgan fingerprint density at radius 3 is 2.52 bits per heavy atom. The molecule has 0 aliphatic carbocycles. The number of carbonyl (C=O) groups is 1. The van der Waals surface area contributed by atoms with Crippen molar-refractivity contribution in [3.05, 3.63) is 65.5 Å². The van der Waals surface area contributed by atoms with Crippen molar-refractivity contribution in [1.82, 2.24) is 0 Å². The number of carbonyl (C=O) groups excluding carboxylic acids is 1. The molecular weight excluding hydrogens is 273 g/mol. The molecule has 3 rings (SSSR count). The molecule has 0 aromatic heterocycles. The molecule has 5 heteroatoms. The second-order valence-electron chi connectivity index (χ2n) is 4.92. The van der Waals surface area contributed by atoms with Gasteiger partial charge in [-0.05, 0) is 23.8 Å². The first-order chi connectivity index (χ1) is 10.1. The van der Waals surface area contributed by atoms with E-state index in [9.17, 15) is 14.3 Å². The van der Waals surface area contributed by atoms with E-state index in [1.165, 1.54) is 31.4 Å². The molecule has 0 saturated carbocycles. The topological polar surface area (TPSA) is 58.6 Å². The quantitative estimate of drug-likeness (QED) is 0.888. The summed E-state index contributed by atoms with van der Waals surface area (Å²) in [5.74, 6) is -0.854. The highest BCUT2D eigenvalue weighted by atomic mass is 19.1. The van der Waals surface area contributed by atoms with Gasteiger partial charge in [-0.25, -0.2) is 4.39 Å². The number of rotatable bonds is 2. The van der Waals surface area contributed by atoms with E-state index in [2.05, 4.69) is 5.32 Å². The third kappa shape index (κ3) is 2.02. The van der Waals surface area contributed by atoms with Crippen molar-refractivity contribution >= 4 is 11.6 Å². The fourth-order valence-corrected chi connectivity index (χ4v) is 2.74. The predicted octanol–water partition coefficient (Wildman–Crippen LogP) is 2.03. The maximum atomic E-state index is 13.1. The van der Waals surface area contributed by atoms with Crippen LogP contribution in [0, 0.1) is 5.82 Å². The third-order valence-corrected chi connectivity index (χ3v) is 3.73. The molecular formula is C16H14FNO3. The minimum absolute atomic E-state index is 0.401. The molecule has 2 atom stereocenters. The molecule has 2 N–H and O–H groups in total. The monoisotopic (exact) mass is 287 g/mol. The first-order valence-electron chi connectivity index (χ1n) is 6.49. The molecule has 0 fully saturated rings. The van der Waals surface area contributed by atoms with E-state index in [1.807, 2.05) is 0 Å². The first kappa shape index (κ1) is 13.7. The van der Waals surface area contributed by atoms with Crippen LogP contribution in [-0.4, -0.2) is 24.2 Å². The summed E-state index contributed by atoms with van der Waals surface area (Å²) >= 11 is 0. The Morgan fingerprint density at radius 2 is 1.86 bits per heavy atom. The first-order valence-corrected chi connectivity index (χ1v) is 6.49. The van der Waals surface area contributed by atoms with Gasteiger partial charge in [0.1, 0.15) is 5.82 Å². The number of anilines is 1. The summed E-state index contributed by atoms with van der Waals surface area (Å²) in [5.41, 5.74) is -0.231. The molecule has 2 aromatic carbocycles. The van der Waals surface area contributed by atoms with Gasteiger partial charge in [0.05, 0.1) is 0 Å². The molecule has 0 spiro atoms. The van der Waals surface area contributed by atoms with Gasteiger partial charge in [-0.2, -0.15) is 0 Å². The summed E-state index contributed by atoms with van der Waals surface area (Å²) in [6, 6.07) is 12.3. The Hall–Kier alpha value is -2.24. The average Bonchev–Trinajstić information content (AvgIpc) is 2.48. The van der Waals surface area contributed by atoms with Gasteiger partial charge < -0.3 is 15.2 Å². The highest BCUT2D eigenvalue weighted by Gasteiger charge is 2.49. The van der Waals surface area contributed by atoms with Crippen LogP contribution in [0.5, 0.6) is 0 Å². The average molecular weight is 287 g/mol. The lowest BCUT2D eigenvalue weighted by molar-refractivity contribution is -0.142. The molecule has 108 valence electrons. The van der Waals surface area contributed by atoms with Gasteiger partial charge in [0.15, 0.2) is 11.7 Å². The number of benzene rings is 2. The van der Waals surface area contributed by atoms with Crippen LogP contribution in [0.3, 0.4) is 0 Å². The maximum Gasteiger partial charge on any atom is 0.257 e. The van der Waals surface area contributed by atoms with Crippen LogP contribution in [0.4, 0.5) is 10.1 Å². The van der Waals surface area contributed by atoms with E-state index in [4.69, 9.17) is 4.74 Å². The summed E-state index contributed by atoms with van der Waals surface area (Å²) in [4.78, 5) is 12.2. The van der Waals surface area contributed by atoms with Crippen LogP contribution in [0.15, 0.2) is 48.5 Å². The number of nitrogens with one attached hydrogen (secondary N) is 1. The zero-order valence-corrected chi connectivity index (χ0v) is 11.3. The van der Waals surface area contributed by atoms with Crippen molar-refractivity contribution < 1.29 is 19.0 Å². The lowest BCUT2D eigenvalue weighted by atomic mass is 9.78. The SMILES string of the molecule is COC1C(=O)Nc2ccccc2C1(O)c1ccc(F)cc1. The van der Waals surface area contributed by atoms with Gasteiger partial charge in [-0.3, -0.25) is 4.79 Å². The number of fused-ring (bicyclic) bond motifs is 1. The molecule has 1 heterocycles. The predicted molar refractivity (Wildman–Crippen MR) is 75.3 cm³/mol. The standard InChI is InChI=1S/C16H14FNO3/c1-21-14-15(19)18-13-5-3-2-4-12(13)16(14,20)10-6-8-11(17)9-7-10/h2-9,14,20H,1H3,(H,18,19). The Labute approximate surface area is 121 Å². The van der Waals surface area contributed by atoms with E-state index < -0.39 is 23.4 Å².